The number of nitrogens with zero attached hydrogens (tertiary/aromatic N) is 2. The van der Waals surface area contributed by atoms with E-state index in [1.54, 1.807) is 6.07 Å². The van der Waals surface area contributed by atoms with Gasteiger partial charge in [0.15, 0.2) is 5.96 Å². The minimum Gasteiger partial charge on any atom is -0.491 e. The molecule has 0 aliphatic carbocycles. The fourth-order valence-electron chi connectivity index (χ4n) is 5.53. The van der Waals surface area contributed by atoms with Crippen LogP contribution in [0, 0.1) is 5.41 Å². The predicted octanol–water partition coefficient (Wildman–Crippen LogP) is 3.38. The molecule has 4 heterocycles. The van der Waals surface area contributed by atoms with Crippen LogP contribution in [-0.2, 0) is 4.79 Å². The Morgan fingerprint density at radius 2 is 1.95 bits per heavy atom. The maximum absolute atomic E-state index is 13.6. The molecule has 4 N–H and O–H groups in total. The number of hydrogen-bond acceptors (Lipinski definition) is 7. The van der Waals surface area contributed by atoms with Gasteiger partial charge in [-0.2, -0.15) is 13.2 Å². The summed E-state index contributed by atoms with van der Waals surface area (Å²) in [6.45, 7) is 4.17. The fraction of sp³-hybridized carbons (Fsp3) is 0.481. The van der Waals surface area contributed by atoms with Crippen molar-refractivity contribution in [1.82, 2.24) is 20.5 Å². The lowest BCUT2D eigenvalue weighted by molar-refractivity contribution is -0.228. The number of fused-ring (bicyclic) bond motifs is 2. The molecule has 4 atom stereocenters. The lowest BCUT2D eigenvalue weighted by atomic mass is 9.86. The van der Waals surface area contributed by atoms with Crippen molar-refractivity contribution < 1.29 is 37.3 Å². The van der Waals surface area contributed by atoms with E-state index in [0.717, 1.165) is 0 Å². The van der Waals surface area contributed by atoms with E-state index >= 15 is 0 Å². The first-order valence-corrected chi connectivity index (χ1v) is 13.1. The van der Waals surface area contributed by atoms with Crippen molar-refractivity contribution in [3.05, 3.63) is 53.3 Å². The van der Waals surface area contributed by atoms with E-state index in [4.69, 9.17) is 14.9 Å². The van der Waals surface area contributed by atoms with Crippen LogP contribution in [0.25, 0.3) is 0 Å². The van der Waals surface area contributed by atoms with Gasteiger partial charge in [0.1, 0.15) is 29.0 Å². The molecule has 2 unspecified atom stereocenters. The first-order chi connectivity index (χ1) is 19.0. The number of amides is 2. The summed E-state index contributed by atoms with van der Waals surface area (Å²) in [5, 5.41) is 24.8. The van der Waals surface area contributed by atoms with Gasteiger partial charge in [-0.15, -0.1) is 0 Å². The number of aromatic nitrogens is 1. The van der Waals surface area contributed by atoms with Crippen LogP contribution < -0.4 is 20.1 Å². The fourth-order valence-corrected chi connectivity index (χ4v) is 5.53. The van der Waals surface area contributed by atoms with E-state index in [0.29, 0.717) is 25.0 Å². The Kier molecular flexibility index (Phi) is 7.11. The summed E-state index contributed by atoms with van der Waals surface area (Å²) in [5.74, 6) is -0.901. The average Bonchev–Trinajstić information content (AvgIpc) is 2.93. The van der Waals surface area contributed by atoms with Gasteiger partial charge in [0.25, 0.3) is 5.91 Å². The zero-order chi connectivity index (χ0) is 28.8. The highest BCUT2D eigenvalue weighted by Gasteiger charge is 2.53. The molecule has 1 aromatic heterocycles. The monoisotopic (exact) mass is 561 g/mol. The molecule has 0 bridgehead atoms. The number of carbonyl (C=O) groups is 2. The highest BCUT2D eigenvalue weighted by Crippen LogP contribution is 2.41. The van der Waals surface area contributed by atoms with Crippen LogP contribution in [0.3, 0.4) is 0 Å². The number of carbonyl (C=O) groups excluding carboxylic acids is 2. The van der Waals surface area contributed by atoms with Crippen molar-refractivity contribution >= 4 is 17.8 Å². The number of guanidine groups is 1. The van der Waals surface area contributed by atoms with Crippen molar-refractivity contribution in [2.45, 2.75) is 75.5 Å². The minimum atomic E-state index is -4.88. The van der Waals surface area contributed by atoms with E-state index in [2.05, 4.69) is 15.6 Å². The van der Waals surface area contributed by atoms with Crippen LogP contribution in [0.5, 0.6) is 11.5 Å². The maximum Gasteiger partial charge on any atom is 0.428 e. The van der Waals surface area contributed by atoms with Gasteiger partial charge in [-0.05, 0) is 31.0 Å². The highest BCUT2D eigenvalue weighted by atomic mass is 19.4. The zero-order valence-electron chi connectivity index (χ0n) is 21.9. The lowest BCUT2D eigenvalue weighted by Gasteiger charge is -2.45. The molecule has 2 aromatic rings. The van der Waals surface area contributed by atoms with Crippen molar-refractivity contribution in [3.63, 3.8) is 0 Å². The molecule has 0 saturated carbocycles. The topological polar surface area (TPSA) is 137 Å². The van der Waals surface area contributed by atoms with Gasteiger partial charge < -0.3 is 25.2 Å². The molecule has 3 aliphatic rings. The third-order valence-corrected chi connectivity index (χ3v) is 7.90. The first-order valence-electron chi connectivity index (χ1n) is 13.1. The Morgan fingerprint density at radius 1 is 1.23 bits per heavy atom. The second-order valence-corrected chi connectivity index (χ2v) is 10.2. The van der Waals surface area contributed by atoms with Gasteiger partial charge in [-0.3, -0.25) is 19.9 Å². The molecule has 3 aliphatic heterocycles. The summed E-state index contributed by atoms with van der Waals surface area (Å²) < 4.78 is 51.5. The number of para-hydroxylation sites is 1. The van der Waals surface area contributed by atoms with Crippen molar-refractivity contribution in [2.75, 3.05) is 6.61 Å². The van der Waals surface area contributed by atoms with E-state index in [1.807, 2.05) is 13.8 Å². The number of aliphatic hydroxyl groups excluding tert-OH is 1. The molecule has 10 nitrogen and oxygen atoms in total. The summed E-state index contributed by atoms with van der Waals surface area (Å²) in [6, 6.07) is 6.61. The third kappa shape index (κ3) is 4.82. The molecular formula is C27H30F3N5O5. The minimum absolute atomic E-state index is 0.0606. The van der Waals surface area contributed by atoms with Crippen molar-refractivity contribution in [1.29, 1.82) is 5.41 Å². The van der Waals surface area contributed by atoms with Crippen LogP contribution in [0.2, 0.25) is 0 Å². The molecule has 0 radical (unpaired) electrons. The molecule has 1 aromatic carbocycles. The number of aliphatic hydroxyl groups is 1. The summed E-state index contributed by atoms with van der Waals surface area (Å²) in [6.07, 6.45) is -7.69. The van der Waals surface area contributed by atoms with Crippen LogP contribution in [0.1, 0.15) is 73.4 Å². The summed E-state index contributed by atoms with van der Waals surface area (Å²) in [5.41, 5.74) is -0.199. The molecule has 1 saturated heterocycles. The van der Waals surface area contributed by atoms with Gasteiger partial charge in [0, 0.05) is 17.5 Å². The molecule has 214 valence electrons. The Bertz CT molecular complexity index is 1310. The van der Waals surface area contributed by atoms with E-state index in [9.17, 15) is 27.9 Å². The van der Waals surface area contributed by atoms with Crippen LogP contribution in [0.15, 0.2) is 36.4 Å². The standard InChI is InChI=1S/C27H30F3N5O5/c1-3-26(4-2)13-19(36)35(25(31)34-26)16-11-12-39-18-10-9-15(32-21(16)18)24(38)33-20-14-7-5-6-8-17(14)40-23(22(20)37)27(28,29)30/h5-10,16,20,22-23,37H,3-4,11-13H2,1-2H3,(H2,31,34)(H,33,38)/t16-,20-,22?,23?/m1/s1. The third-order valence-electron chi connectivity index (χ3n) is 7.90. The SMILES string of the molecule is CCC1(CC)CC(=O)N([C@@H]2CCOc3ccc(C(=O)N[C@@H]4c5ccccc5OC(C(F)(F)F)C4O)nc32)C(=N)N1. The summed E-state index contributed by atoms with van der Waals surface area (Å²) in [4.78, 5) is 32.3. The van der Waals surface area contributed by atoms with Crippen molar-refractivity contribution in [2.24, 2.45) is 0 Å². The smallest absolute Gasteiger partial charge is 0.428 e. The number of hydrogen-bond donors (Lipinski definition) is 4. The highest BCUT2D eigenvalue weighted by molar-refractivity contribution is 5.99. The largest absolute Gasteiger partial charge is 0.491 e. The zero-order valence-corrected chi connectivity index (χ0v) is 21.9. The normalized spacial score (nSPS) is 25.6. The number of alkyl halides is 3. The molecule has 5 rings (SSSR count). The average molecular weight is 562 g/mol. The van der Waals surface area contributed by atoms with Gasteiger partial charge in [-0.25, -0.2) is 4.98 Å². The molecule has 0 spiro atoms. The quantitative estimate of drug-likeness (QED) is 0.439. The van der Waals surface area contributed by atoms with Gasteiger partial charge >= 0.3 is 6.18 Å². The summed E-state index contributed by atoms with van der Waals surface area (Å²) in [7, 11) is 0. The molecular weight excluding hydrogens is 531 g/mol. The number of halogens is 3. The van der Waals surface area contributed by atoms with Crippen LogP contribution in [-0.4, -0.2) is 63.3 Å². The number of rotatable bonds is 5. The van der Waals surface area contributed by atoms with Crippen LogP contribution >= 0.6 is 0 Å². The number of ether oxygens (including phenoxy) is 2. The maximum atomic E-state index is 13.6. The van der Waals surface area contributed by atoms with Crippen LogP contribution in [0.4, 0.5) is 13.2 Å². The van der Waals surface area contributed by atoms with E-state index in [-0.39, 0.29) is 47.6 Å². The van der Waals surface area contributed by atoms with E-state index in [1.165, 1.54) is 35.2 Å². The summed E-state index contributed by atoms with van der Waals surface area (Å²) >= 11 is 0. The van der Waals surface area contributed by atoms with E-state index < -0.39 is 41.9 Å². The first kappa shape index (κ1) is 27.7. The number of pyridine rings is 1. The molecule has 2 amide bonds. The second-order valence-electron chi connectivity index (χ2n) is 10.2. The molecule has 40 heavy (non-hydrogen) atoms. The van der Waals surface area contributed by atoms with Gasteiger partial charge in [0.2, 0.25) is 12.0 Å². The Balaban J connectivity index is 1.43. The lowest BCUT2D eigenvalue weighted by Crippen LogP contribution is -2.62. The molecule has 1 fully saturated rings. The predicted molar refractivity (Wildman–Crippen MR) is 136 cm³/mol. The number of benzene rings is 1. The molecule has 13 heteroatoms. The van der Waals surface area contributed by atoms with Gasteiger partial charge in [-0.1, -0.05) is 32.0 Å². The Hall–Kier alpha value is -3.87. The Morgan fingerprint density at radius 3 is 2.62 bits per heavy atom. The second kappa shape index (κ2) is 10.3. The Labute approximate surface area is 228 Å². The van der Waals surface area contributed by atoms with Gasteiger partial charge in [0.05, 0.1) is 25.1 Å². The number of nitrogens with one attached hydrogen (secondary N) is 3. The van der Waals surface area contributed by atoms with Crippen molar-refractivity contribution in [3.8, 4) is 11.5 Å².